The second-order valence-corrected chi connectivity index (χ2v) is 4.91. The predicted octanol–water partition coefficient (Wildman–Crippen LogP) is 2.60. The fourth-order valence-corrected chi connectivity index (χ4v) is 2.17. The molecule has 0 aromatic heterocycles. The second-order valence-electron chi connectivity index (χ2n) is 4.91. The van der Waals surface area contributed by atoms with Crippen LogP contribution < -0.4 is 5.32 Å². The number of hydrogen-bond acceptors (Lipinski definition) is 3. The highest BCUT2D eigenvalue weighted by molar-refractivity contribution is 5.71. The highest BCUT2D eigenvalue weighted by atomic mass is 16.5. The molecule has 1 N–H and O–H groups in total. The highest BCUT2D eigenvalue weighted by Crippen LogP contribution is 2.40. The molecule has 1 aromatic rings. The molecular weight excluding hydrogens is 226 g/mol. The van der Waals surface area contributed by atoms with Gasteiger partial charge in [0.2, 0.25) is 0 Å². The quantitative estimate of drug-likeness (QED) is 0.785. The van der Waals surface area contributed by atoms with Gasteiger partial charge >= 0.3 is 5.97 Å². The molecule has 0 saturated heterocycles. The summed E-state index contributed by atoms with van der Waals surface area (Å²) >= 11 is 0. The second kappa shape index (κ2) is 6.01. The summed E-state index contributed by atoms with van der Waals surface area (Å²) in [5.41, 5.74) is 2.53. The van der Waals surface area contributed by atoms with E-state index in [4.69, 9.17) is 4.74 Å². The van der Waals surface area contributed by atoms with Crippen LogP contribution in [-0.2, 0) is 9.53 Å². The standard InChI is InChI=1S/C15H21NO2/c1-3-18-14(17)10-16-15(13-8-9-13)12-6-4-11(2)5-7-12/h4-7,13,15-16H,3,8-10H2,1-2H3. The first-order valence-electron chi connectivity index (χ1n) is 6.66. The van der Waals surface area contributed by atoms with Gasteiger partial charge in [-0.3, -0.25) is 10.1 Å². The number of esters is 1. The third kappa shape index (κ3) is 3.57. The Balaban J connectivity index is 1.96. The number of carbonyl (C=O) groups excluding carboxylic acids is 1. The summed E-state index contributed by atoms with van der Waals surface area (Å²) < 4.78 is 4.95. The molecule has 1 atom stereocenters. The Labute approximate surface area is 109 Å². The molecule has 1 unspecified atom stereocenters. The van der Waals surface area contributed by atoms with Crippen molar-refractivity contribution in [3.8, 4) is 0 Å². The fourth-order valence-electron chi connectivity index (χ4n) is 2.17. The van der Waals surface area contributed by atoms with Crippen LogP contribution in [0.2, 0.25) is 0 Å². The number of hydrogen-bond donors (Lipinski definition) is 1. The Morgan fingerprint density at radius 1 is 1.39 bits per heavy atom. The van der Waals surface area contributed by atoms with Crippen molar-refractivity contribution in [1.82, 2.24) is 5.32 Å². The first-order valence-corrected chi connectivity index (χ1v) is 6.66. The Morgan fingerprint density at radius 3 is 2.61 bits per heavy atom. The van der Waals surface area contributed by atoms with Gasteiger partial charge in [0, 0.05) is 6.04 Å². The van der Waals surface area contributed by atoms with E-state index in [1.54, 1.807) is 0 Å². The zero-order chi connectivity index (χ0) is 13.0. The lowest BCUT2D eigenvalue weighted by Crippen LogP contribution is -2.30. The van der Waals surface area contributed by atoms with Crippen molar-refractivity contribution < 1.29 is 9.53 Å². The molecule has 1 aliphatic carbocycles. The van der Waals surface area contributed by atoms with Crippen molar-refractivity contribution >= 4 is 5.97 Å². The number of rotatable bonds is 6. The fraction of sp³-hybridized carbons (Fsp3) is 0.533. The third-order valence-electron chi connectivity index (χ3n) is 3.30. The number of carbonyl (C=O) groups is 1. The first kappa shape index (κ1) is 13.1. The minimum Gasteiger partial charge on any atom is -0.465 e. The van der Waals surface area contributed by atoms with Crippen LogP contribution in [-0.4, -0.2) is 19.1 Å². The molecule has 1 fully saturated rings. The predicted molar refractivity (Wildman–Crippen MR) is 71.3 cm³/mol. The van der Waals surface area contributed by atoms with Crippen molar-refractivity contribution in [2.75, 3.05) is 13.2 Å². The highest BCUT2D eigenvalue weighted by Gasteiger charge is 2.32. The van der Waals surface area contributed by atoms with Gasteiger partial charge in [0.1, 0.15) is 0 Å². The van der Waals surface area contributed by atoms with Gasteiger partial charge in [-0.25, -0.2) is 0 Å². The molecule has 3 heteroatoms. The summed E-state index contributed by atoms with van der Waals surface area (Å²) in [5, 5.41) is 3.33. The van der Waals surface area contributed by atoms with Gasteiger partial charge in [0.15, 0.2) is 0 Å². The molecule has 3 nitrogen and oxygen atoms in total. The maximum absolute atomic E-state index is 11.4. The summed E-state index contributed by atoms with van der Waals surface area (Å²) in [5.74, 6) is 0.498. The van der Waals surface area contributed by atoms with Gasteiger partial charge in [-0.15, -0.1) is 0 Å². The third-order valence-corrected chi connectivity index (χ3v) is 3.30. The number of nitrogens with one attached hydrogen (secondary N) is 1. The minimum atomic E-state index is -0.171. The van der Waals surface area contributed by atoms with Crippen LogP contribution in [0.4, 0.5) is 0 Å². The van der Waals surface area contributed by atoms with Crippen LogP contribution in [0.15, 0.2) is 24.3 Å². The molecule has 0 heterocycles. The molecule has 0 spiro atoms. The maximum atomic E-state index is 11.4. The summed E-state index contributed by atoms with van der Waals surface area (Å²) in [4.78, 5) is 11.4. The molecule has 98 valence electrons. The topological polar surface area (TPSA) is 38.3 Å². The van der Waals surface area contributed by atoms with E-state index >= 15 is 0 Å². The molecule has 0 bridgehead atoms. The van der Waals surface area contributed by atoms with E-state index in [0.717, 1.165) is 0 Å². The molecule has 0 radical (unpaired) electrons. The number of benzene rings is 1. The van der Waals surface area contributed by atoms with Crippen LogP contribution >= 0.6 is 0 Å². The van der Waals surface area contributed by atoms with Crippen molar-refractivity contribution in [2.24, 2.45) is 5.92 Å². The molecule has 0 aliphatic heterocycles. The largest absolute Gasteiger partial charge is 0.465 e. The zero-order valence-electron chi connectivity index (χ0n) is 11.1. The van der Waals surface area contributed by atoms with E-state index in [2.05, 4.69) is 36.5 Å². The SMILES string of the molecule is CCOC(=O)CNC(c1ccc(C)cc1)C1CC1. The lowest BCUT2D eigenvalue weighted by atomic mass is 10.0. The van der Waals surface area contributed by atoms with Crippen LogP contribution in [0.25, 0.3) is 0 Å². The first-order chi connectivity index (χ1) is 8.70. The lowest BCUT2D eigenvalue weighted by molar-refractivity contribution is -0.142. The summed E-state index contributed by atoms with van der Waals surface area (Å²) in [6.45, 7) is 4.65. The van der Waals surface area contributed by atoms with Crippen molar-refractivity contribution in [2.45, 2.75) is 32.7 Å². The van der Waals surface area contributed by atoms with E-state index in [-0.39, 0.29) is 12.0 Å². The van der Waals surface area contributed by atoms with E-state index < -0.39 is 0 Å². The van der Waals surface area contributed by atoms with Crippen LogP contribution in [0, 0.1) is 12.8 Å². The zero-order valence-corrected chi connectivity index (χ0v) is 11.1. The van der Waals surface area contributed by atoms with Gasteiger partial charge in [-0.2, -0.15) is 0 Å². The molecule has 18 heavy (non-hydrogen) atoms. The average Bonchev–Trinajstić information content (AvgIpc) is 3.16. The Bertz CT molecular complexity index is 395. The van der Waals surface area contributed by atoms with Gasteiger partial charge in [0.25, 0.3) is 0 Å². The van der Waals surface area contributed by atoms with Crippen LogP contribution in [0.3, 0.4) is 0 Å². The monoisotopic (exact) mass is 247 g/mol. The van der Waals surface area contributed by atoms with Crippen molar-refractivity contribution in [3.05, 3.63) is 35.4 Å². The van der Waals surface area contributed by atoms with Crippen LogP contribution in [0.5, 0.6) is 0 Å². The summed E-state index contributed by atoms with van der Waals surface area (Å²) in [7, 11) is 0. The maximum Gasteiger partial charge on any atom is 0.319 e. The average molecular weight is 247 g/mol. The number of aryl methyl sites for hydroxylation is 1. The smallest absolute Gasteiger partial charge is 0.319 e. The molecule has 1 aliphatic rings. The van der Waals surface area contributed by atoms with E-state index in [1.807, 2.05) is 6.92 Å². The molecule has 2 rings (SSSR count). The van der Waals surface area contributed by atoms with Gasteiger partial charge in [-0.1, -0.05) is 29.8 Å². The molecular formula is C15H21NO2. The molecule has 0 amide bonds. The lowest BCUT2D eigenvalue weighted by Gasteiger charge is -2.18. The Morgan fingerprint density at radius 2 is 2.06 bits per heavy atom. The van der Waals surface area contributed by atoms with E-state index in [0.29, 0.717) is 19.1 Å². The van der Waals surface area contributed by atoms with E-state index in [9.17, 15) is 4.79 Å². The van der Waals surface area contributed by atoms with Crippen molar-refractivity contribution in [3.63, 3.8) is 0 Å². The number of ether oxygens (including phenoxy) is 1. The molecule has 1 saturated carbocycles. The summed E-state index contributed by atoms with van der Waals surface area (Å²) in [6, 6.07) is 8.83. The van der Waals surface area contributed by atoms with Crippen LogP contribution in [0.1, 0.15) is 36.9 Å². The Hall–Kier alpha value is -1.35. The van der Waals surface area contributed by atoms with Gasteiger partial charge in [0.05, 0.1) is 13.2 Å². The van der Waals surface area contributed by atoms with Crippen molar-refractivity contribution in [1.29, 1.82) is 0 Å². The van der Waals surface area contributed by atoms with Gasteiger partial charge < -0.3 is 4.74 Å². The minimum absolute atomic E-state index is 0.171. The normalized spacial score (nSPS) is 16.3. The van der Waals surface area contributed by atoms with Gasteiger partial charge in [-0.05, 0) is 38.2 Å². The van der Waals surface area contributed by atoms with E-state index in [1.165, 1.54) is 24.0 Å². The molecule has 1 aromatic carbocycles. The Kier molecular flexibility index (Phi) is 4.37. The summed E-state index contributed by atoms with van der Waals surface area (Å²) in [6.07, 6.45) is 2.49.